The lowest BCUT2D eigenvalue weighted by Gasteiger charge is -2.37. The molecule has 0 N–H and O–H groups in total. The molecule has 0 bridgehead atoms. The molecule has 2 heterocycles. The standard InChI is InChI=1S/C27H30N2O3S/c1-19(2)29(27(31)22-12-8-7-9-20(22)3)17-26(30)28-15-13-25-23(14-16-33-25)24(28)18-32-21-10-5-4-6-11-21/h4-12,14,16,19,24H,13,15,17-18H2,1-3H3/t24-/m1/s1. The van der Waals surface area contributed by atoms with Crippen LogP contribution >= 0.6 is 11.3 Å². The third kappa shape index (κ3) is 5.11. The molecule has 0 fully saturated rings. The number of ether oxygens (including phenoxy) is 1. The van der Waals surface area contributed by atoms with Gasteiger partial charge in [0, 0.05) is 23.0 Å². The molecule has 0 saturated heterocycles. The minimum Gasteiger partial charge on any atom is -0.491 e. The molecule has 2 amide bonds. The molecule has 1 atom stereocenters. The SMILES string of the molecule is Cc1ccccc1C(=O)N(CC(=O)N1CCc2sccc2[C@H]1COc1ccccc1)C(C)C. The van der Waals surface area contributed by atoms with Gasteiger partial charge in [-0.1, -0.05) is 36.4 Å². The number of fused-ring (bicyclic) bond motifs is 1. The van der Waals surface area contributed by atoms with E-state index in [2.05, 4.69) is 11.4 Å². The lowest BCUT2D eigenvalue weighted by atomic mass is 10.00. The van der Waals surface area contributed by atoms with Crippen LogP contribution in [0.4, 0.5) is 0 Å². The van der Waals surface area contributed by atoms with E-state index < -0.39 is 0 Å². The first-order valence-corrected chi connectivity index (χ1v) is 12.2. The predicted molar refractivity (Wildman–Crippen MR) is 132 cm³/mol. The lowest BCUT2D eigenvalue weighted by molar-refractivity contribution is -0.136. The highest BCUT2D eigenvalue weighted by Crippen LogP contribution is 2.34. The molecule has 1 aliphatic rings. The molecule has 3 aromatic rings. The van der Waals surface area contributed by atoms with Crippen LogP contribution in [0.1, 0.15) is 46.3 Å². The molecular weight excluding hydrogens is 432 g/mol. The predicted octanol–water partition coefficient (Wildman–Crippen LogP) is 5.11. The lowest BCUT2D eigenvalue weighted by Crippen LogP contribution is -2.49. The summed E-state index contributed by atoms with van der Waals surface area (Å²) in [5.41, 5.74) is 2.70. The summed E-state index contributed by atoms with van der Waals surface area (Å²) in [6, 6.07) is 19.0. The Labute approximate surface area is 199 Å². The number of hydrogen-bond acceptors (Lipinski definition) is 4. The van der Waals surface area contributed by atoms with E-state index in [1.54, 1.807) is 16.2 Å². The first kappa shape index (κ1) is 23.1. The number of aryl methyl sites for hydroxylation is 1. The Morgan fingerprint density at radius 2 is 1.82 bits per heavy atom. The maximum Gasteiger partial charge on any atom is 0.254 e. The summed E-state index contributed by atoms with van der Waals surface area (Å²) in [6.45, 7) is 6.88. The minimum absolute atomic E-state index is 0.0478. The van der Waals surface area contributed by atoms with Crippen molar-refractivity contribution in [3.05, 3.63) is 87.6 Å². The number of hydrogen-bond donors (Lipinski definition) is 0. The van der Waals surface area contributed by atoms with Gasteiger partial charge in [0.15, 0.2) is 0 Å². The zero-order valence-corrected chi connectivity index (χ0v) is 20.2. The van der Waals surface area contributed by atoms with Crippen LogP contribution in [-0.4, -0.2) is 47.4 Å². The van der Waals surface area contributed by atoms with Gasteiger partial charge in [0.25, 0.3) is 5.91 Å². The largest absolute Gasteiger partial charge is 0.491 e. The highest BCUT2D eigenvalue weighted by molar-refractivity contribution is 7.10. The van der Waals surface area contributed by atoms with Crippen LogP contribution in [0, 0.1) is 6.92 Å². The molecule has 0 saturated carbocycles. The van der Waals surface area contributed by atoms with Crippen molar-refractivity contribution in [3.63, 3.8) is 0 Å². The highest BCUT2D eigenvalue weighted by Gasteiger charge is 2.34. The number of rotatable bonds is 7. The van der Waals surface area contributed by atoms with E-state index in [9.17, 15) is 9.59 Å². The third-order valence-electron chi connectivity index (χ3n) is 6.13. The number of carbonyl (C=O) groups excluding carboxylic acids is 2. The maximum absolute atomic E-state index is 13.6. The summed E-state index contributed by atoms with van der Waals surface area (Å²) in [5.74, 6) is 0.622. The van der Waals surface area contributed by atoms with Crippen molar-refractivity contribution in [3.8, 4) is 5.75 Å². The molecule has 4 rings (SSSR count). The van der Waals surface area contributed by atoms with Gasteiger partial charge >= 0.3 is 0 Å². The van der Waals surface area contributed by atoms with Crippen LogP contribution in [0.5, 0.6) is 5.75 Å². The average molecular weight is 463 g/mol. The van der Waals surface area contributed by atoms with Gasteiger partial charge in [-0.25, -0.2) is 0 Å². The van der Waals surface area contributed by atoms with Gasteiger partial charge in [-0.3, -0.25) is 9.59 Å². The van der Waals surface area contributed by atoms with Crippen LogP contribution in [0.3, 0.4) is 0 Å². The molecule has 0 radical (unpaired) electrons. The summed E-state index contributed by atoms with van der Waals surface area (Å²) >= 11 is 1.73. The van der Waals surface area contributed by atoms with E-state index in [4.69, 9.17) is 4.74 Å². The van der Waals surface area contributed by atoms with Crippen molar-refractivity contribution >= 4 is 23.2 Å². The summed E-state index contributed by atoms with van der Waals surface area (Å²) in [6.07, 6.45) is 0.827. The van der Waals surface area contributed by atoms with Gasteiger partial charge in [0.2, 0.25) is 5.91 Å². The van der Waals surface area contributed by atoms with Crippen molar-refractivity contribution < 1.29 is 14.3 Å². The van der Waals surface area contributed by atoms with Gasteiger partial charge in [-0.15, -0.1) is 11.3 Å². The Kier molecular flexibility index (Phi) is 7.14. The Bertz CT molecular complexity index is 1110. The van der Waals surface area contributed by atoms with E-state index in [1.807, 2.05) is 80.3 Å². The molecular formula is C27H30N2O3S. The number of thiophene rings is 1. The number of carbonyl (C=O) groups is 2. The van der Waals surface area contributed by atoms with Gasteiger partial charge in [0.05, 0.1) is 6.04 Å². The summed E-state index contributed by atoms with van der Waals surface area (Å²) in [5, 5.41) is 2.08. The second-order valence-electron chi connectivity index (χ2n) is 8.62. The molecule has 6 heteroatoms. The molecule has 33 heavy (non-hydrogen) atoms. The molecule has 0 spiro atoms. The second-order valence-corrected chi connectivity index (χ2v) is 9.62. The zero-order chi connectivity index (χ0) is 23.4. The van der Waals surface area contributed by atoms with Gasteiger partial charge in [-0.2, -0.15) is 0 Å². The number of nitrogens with zero attached hydrogens (tertiary/aromatic N) is 2. The monoisotopic (exact) mass is 462 g/mol. The number of amides is 2. The van der Waals surface area contributed by atoms with E-state index in [1.165, 1.54) is 4.88 Å². The molecule has 2 aromatic carbocycles. The van der Waals surface area contributed by atoms with Crippen molar-refractivity contribution in [2.45, 2.75) is 39.3 Å². The van der Waals surface area contributed by atoms with E-state index in [-0.39, 0.29) is 30.4 Å². The van der Waals surface area contributed by atoms with Crippen molar-refractivity contribution in [1.29, 1.82) is 0 Å². The number of benzene rings is 2. The Morgan fingerprint density at radius 1 is 1.09 bits per heavy atom. The maximum atomic E-state index is 13.6. The summed E-state index contributed by atoms with van der Waals surface area (Å²) in [4.78, 5) is 31.7. The zero-order valence-electron chi connectivity index (χ0n) is 19.4. The van der Waals surface area contributed by atoms with Crippen LogP contribution in [0.25, 0.3) is 0 Å². The fourth-order valence-corrected chi connectivity index (χ4v) is 5.19. The van der Waals surface area contributed by atoms with E-state index in [0.717, 1.165) is 23.3 Å². The fourth-order valence-electron chi connectivity index (χ4n) is 4.26. The molecule has 0 unspecified atom stereocenters. The second kappa shape index (κ2) is 10.2. The van der Waals surface area contributed by atoms with Crippen LogP contribution in [0.2, 0.25) is 0 Å². The molecule has 172 valence electrons. The van der Waals surface area contributed by atoms with Gasteiger partial charge in [0.1, 0.15) is 18.9 Å². The van der Waals surface area contributed by atoms with E-state index >= 15 is 0 Å². The van der Waals surface area contributed by atoms with Crippen LogP contribution in [-0.2, 0) is 11.2 Å². The Hall–Kier alpha value is -3.12. The summed E-state index contributed by atoms with van der Waals surface area (Å²) < 4.78 is 6.07. The highest BCUT2D eigenvalue weighted by atomic mass is 32.1. The quantitative estimate of drug-likeness (QED) is 0.490. The normalized spacial score (nSPS) is 15.3. The van der Waals surface area contributed by atoms with Crippen LogP contribution < -0.4 is 4.74 Å². The molecule has 0 aliphatic carbocycles. The van der Waals surface area contributed by atoms with Crippen molar-refractivity contribution in [1.82, 2.24) is 9.80 Å². The Morgan fingerprint density at radius 3 is 2.55 bits per heavy atom. The number of para-hydroxylation sites is 1. The van der Waals surface area contributed by atoms with Crippen molar-refractivity contribution in [2.24, 2.45) is 0 Å². The third-order valence-corrected chi connectivity index (χ3v) is 7.13. The summed E-state index contributed by atoms with van der Waals surface area (Å²) in [7, 11) is 0. The first-order chi connectivity index (χ1) is 16.0. The van der Waals surface area contributed by atoms with E-state index in [0.29, 0.717) is 18.7 Å². The Balaban J connectivity index is 1.54. The minimum atomic E-state index is -0.171. The molecule has 1 aromatic heterocycles. The first-order valence-electron chi connectivity index (χ1n) is 11.4. The van der Waals surface area contributed by atoms with Crippen LogP contribution in [0.15, 0.2) is 66.0 Å². The molecule has 5 nitrogen and oxygen atoms in total. The average Bonchev–Trinajstić information content (AvgIpc) is 3.30. The molecule has 1 aliphatic heterocycles. The van der Waals surface area contributed by atoms with Gasteiger partial charge < -0.3 is 14.5 Å². The van der Waals surface area contributed by atoms with Crippen molar-refractivity contribution in [2.75, 3.05) is 19.7 Å². The fraction of sp³-hybridized carbons (Fsp3) is 0.333. The van der Waals surface area contributed by atoms with Gasteiger partial charge in [-0.05, 0) is 68.0 Å². The topological polar surface area (TPSA) is 49.9 Å². The smallest absolute Gasteiger partial charge is 0.254 e.